The van der Waals surface area contributed by atoms with E-state index in [1.165, 1.54) is 0 Å². The Morgan fingerprint density at radius 3 is 2.67 bits per heavy atom. The maximum Gasteiger partial charge on any atom is 0.262 e. The van der Waals surface area contributed by atoms with Crippen LogP contribution in [-0.2, 0) is 13.6 Å². The van der Waals surface area contributed by atoms with Crippen LogP contribution in [0.2, 0.25) is 0 Å². The van der Waals surface area contributed by atoms with Crippen molar-refractivity contribution in [1.82, 2.24) is 9.55 Å². The fourth-order valence-corrected chi connectivity index (χ4v) is 2.66. The molecule has 3 aromatic heterocycles. The van der Waals surface area contributed by atoms with Gasteiger partial charge in [0.2, 0.25) is 5.43 Å². The largest absolute Gasteiger partial charge is 1.00 e. The second-order valence-corrected chi connectivity index (χ2v) is 5.51. The average molecular weight is 435 g/mol. The maximum atomic E-state index is 12.8. The molecule has 0 spiro atoms. The van der Waals surface area contributed by atoms with Crippen LogP contribution in [0.15, 0.2) is 47.5 Å². The summed E-state index contributed by atoms with van der Waals surface area (Å²) >= 11 is 0. The summed E-state index contributed by atoms with van der Waals surface area (Å²) in [6.45, 7) is 4.48. The van der Waals surface area contributed by atoms with Gasteiger partial charge in [-0.15, -0.1) is 0 Å². The minimum Gasteiger partial charge on any atom is -1.00 e. The van der Waals surface area contributed by atoms with Gasteiger partial charge in [-0.3, -0.25) is 9.59 Å². The van der Waals surface area contributed by atoms with Crippen molar-refractivity contribution < 1.29 is 33.3 Å². The molecule has 0 N–H and O–H groups in total. The van der Waals surface area contributed by atoms with Crippen molar-refractivity contribution >= 4 is 16.8 Å². The number of hydrogen-bond donors (Lipinski definition) is 0. The molecule has 3 rings (SSSR count). The Bertz CT molecular complexity index is 980. The van der Waals surface area contributed by atoms with E-state index in [1.54, 1.807) is 48.3 Å². The molecule has 24 heavy (non-hydrogen) atoms. The monoisotopic (exact) mass is 435 g/mol. The number of pyridine rings is 3. The fourth-order valence-electron chi connectivity index (χ4n) is 2.66. The molecule has 124 valence electrons. The first-order valence-electron chi connectivity index (χ1n) is 7.53. The molecule has 0 unspecified atom stereocenters. The summed E-state index contributed by atoms with van der Waals surface area (Å²) < 4.78 is 3.57. The molecule has 0 aliphatic carbocycles. The van der Waals surface area contributed by atoms with E-state index >= 15 is 0 Å². The lowest BCUT2D eigenvalue weighted by Crippen LogP contribution is -3.00. The second-order valence-electron chi connectivity index (χ2n) is 5.51. The molecule has 0 aliphatic rings. The zero-order valence-electron chi connectivity index (χ0n) is 13.8. The normalized spacial score (nSPS) is 10.5. The summed E-state index contributed by atoms with van der Waals surface area (Å²) in [5.74, 6) is -0.275. The number of fused-ring (bicyclic) bond motifs is 1. The number of nitrogens with zero attached hydrogens (tertiary/aromatic N) is 3. The Morgan fingerprint density at radius 2 is 2.00 bits per heavy atom. The van der Waals surface area contributed by atoms with Crippen molar-refractivity contribution in [1.29, 1.82) is 0 Å². The summed E-state index contributed by atoms with van der Waals surface area (Å²) in [5, 5.41) is 0.474. The van der Waals surface area contributed by atoms with Crippen molar-refractivity contribution in [2.75, 3.05) is 0 Å². The van der Waals surface area contributed by atoms with E-state index in [9.17, 15) is 9.59 Å². The van der Waals surface area contributed by atoms with E-state index in [2.05, 4.69) is 4.98 Å². The van der Waals surface area contributed by atoms with Crippen molar-refractivity contribution in [2.45, 2.75) is 20.4 Å². The molecule has 6 heteroatoms. The van der Waals surface area contributed by atoms with Crippen LogP contribution in [0.5, 0.6) is 0 Å². The first-order valence-corrected chi connectivity index (χ1v) is 7.53. The number of carbonyl (C=O) groups excluding carboxylic acids is 1. The van der Waals surface area contributed by atoms with Gasteiger partial charge in [-0.2, -0.15) is 4.57 Å². The van der Waals surface area contributed by atoms with Gasteiger partial charge in [-0.1, -0.05) is 0 Å². The molecule has 0 fully saturated rings. The van der Waals surface area contributed by atoms with E-state index < -0.39 is 0 Å². The summed E-state index contributed by atoms with van der Waals surface area (Å²) in [7, 11) is 1.79. The molecular weight excluding hydrogens is 417 g/mol. The van der Waals surface area contributed by atoms with Gasteiger partial charge in [-0.25, -0.2) is 4.98 Å². The van der Waals surface area contributed by atoms with E-state index in [-0.39, 0.29) is 40.8 Å². The SMILES string of the molecule is CCn1cc(C(=O)c2cccc[n+]2C)c(=O)c2ccc(C)nc21.[I-]. The van der Waals surface area contributed by atoms with Crippen LogP contribution in [0, 0.1) is 6.92 Å². The molecule has 0 aromatic carbocycles. The molecule has 0 amide bonds. The lowest BCUT2D eigenvalue weighted by molar-refractivity contribution is -0.673. The molecule has 0 saturated heterocycles. The molecule has 0 atom stereocenters. The quantitative estimate of drug-likeness (QED) is 0.295. The first-order chi connectivity index (χ1) is 11.0. The van der Waals surface area contributed by atoms with Gasteiger partial charge in [0.15, 0.2) is 6.20 Å². The molecule has 3 heterocycles. The number of carbonyl (C=O) groups is 1. The standard InChI is InChI=1S/C18H18N3O2.HI/c1-4-21-11-14(17(23)15-7-5-6-10-20(15)3)16(22)13-9-8-12(2)19-18(13)21;/h5-11H,4H2,1-3H3;1H/q+1;/p-1. The summed E-state index contributed by atoms with van der Waals surface area (Å²) in [4.78, 5) is 30.0. The van der Waals surface area contributed by atoms with Gasteiger partial charge >= 0.3 is 0 Å². The predicted octanol–water partition coefficient (Wildman–Crippen LogP) is -1.22. The van der Waals surface area contributed by atoms with E-state index in [4.69, 9.17) is 0 Å². The highest BCUT2D eigenvalue weighted by molar-refractivity contribution is 6.07. The van der Waals surface area contributed by atoms with Crippen LogP contribution in [-0.4, -0.2) is 15.3 Å². The molecule has 0 radical (unpaired) electrons. The average Bonchev–Trinajstić information content (AvgIpc) is 2.55. The van der Waals surface area contributed by atoms with E-state index in [1.807, 2.05) is 24.5 Å². The van der Waals surface area contributed by atoms with Crippen LogP contribution >= 0.6 is 0 Å². The third-order valence-electron chi connectivity index (χ3n) is 3.93. The molecule has 3 aromatic rings. The molecule has 5 nitrogen and oxygen atoms in total. The Balaban J connectivity index is 0.00000208. The minimum atomic E-state index is -0.275. The molecular formula is C18H18IN3O2. The zero-order valence-corrected chi connectivity index (χ0v) is 15.9. The highest BCUT2D eigenvalue weighted by atomic mass is 127. The van der Waals surface area contributed by atoms with Gasteiger partial charge in [0.05, 0.1) is 10.9 Å². The van der Waals surface area contributed by atoms with Crippen LogP contribution in [0.4, 0.5) is 0 Å². The van der Waals surface area contributed by atoms with Gasteiger partial charge in [-0.05, 0) is 32.0 Å². The van der Waals surface area contributed by atoms with Crippen LogP contribution in [0.1, 0.15) is 28.7 Å². The van der Waals surface area contributed by atoms with Crippen molar-refractivity contribution in [3.63, 3.8) is 0 Å². The Kier molecular flexibility index (Phi) is 5.48. The highest BCUT2D eigenvalue weighted by Crippen LogP contribution is 2.12. The Hall–Kier alpha value is -2.09. The van der Waals surface area contributed by atoms with Gasteiger partial charge < -0.3 is 28.5 Å². The Labute approximate surface area is 157 Å². The fraction of sp³-hybridized carbons (Fsp3) is 0.222. The first kappa shape index (κ1) is 18.3. The molecule has 0 saturated carbocycles. The molecule has 0 aliphatic heterocycles. The highest BCUT2D eigenvalue weighted by Gasteiger charge is 2.23. The van der Waals surface area contributed by atoms with Gasteiger partial charge in [0.1, 0.15) is 12.7 Å². The topological polar surface area (TPSA) is 55.8 Å². The van der Waals surface area contributed by atoms with Crippen molar-refractivity contribution in [2.24, 2.45) is 7.05 Å². The summed E-state index contributed by atoms with van der Waals surface area (Å²) in [6, 6.07) is 8.88. The van der Waals surface area contributed by atoms with Gasteiger partial charge in [0.25, 0.3) is 11.5 Å². The molecule has 0 bridgehead atoms. The predicted molar refractivity (Wildman–Crippen MR) is 87.5 cm³/mol. The third kappa shape index (κ3) is 3.10. The number of aromatic nitrogens is 3. The smallest absolute Gasteiger partial charge is 0.262 e. The van der Waals surface area contributed by atoms with Crippen molar-refractivity contribution in [3.8, 4) is 0 Å². The van der Waals surface area contributed by atoms with Crippen LogP contribution in [0.3, 0.4) is 0 Å². The zero-order chi connectivity index (χ0) is 16.6. The minimum absolute atomic E-state index is 0. The summed E-state index contributed by atoms with van der Waals surface area (Å²) in [6.07, 6.45) is 3.41. The lowest BCUT2D eigenvalue weighted by atomic mass is 10.1. The Morgan fingerprint density at radius 1 is 1.25 bits per heavy atom. The lowest BCUT2D eigenvalue weighted by Gasteiger charge is -2.10. The third-order valence-corrected chi connectivity index (χ3v) is 3.93. The van der Waals surface area contributed by atoms with Gasteiger partial charge in [0, 0.05) is 30.6 Å². The number of rotatable bonds is 3. The van der Waals surface area contributed by atoms with Crippen molar-refractivity contribution in [3.05, 3.63) is 69.9 Å². The number of aryl methyl sites for hydroxylation is 3. The number of ketones is 1. The maximum absolute atomic E-state index is 12.8. The number of halogens is 1. The second kappa shape index (κ2) is 7.21. The van der Waals surface area contributed by atoms with Crippen LogP contribution < -0.4 is 34.0 Å². The van der Waals surface area contributed by atoms with Crippen LogP contribution in [0.25, 0.3) is 11.0 Å². The van der Waals surface area contributed by atoms with E-state index in [0.717, 1.165) is 5.69 Å². The van der Waals surface area contributed by atoms with E-state index in [0.29, 0.717) is 23.3 Å². The number of hydrogen-bond acceptors (Lipinski definition) is 3. The summed E-state index contributed by atoms with van der Waals surface area (Å²) in [5.41, 5.74) is 1.84.